The summed E-state index contributed by atoms with van der Waals surface area (Å²) in [4.78, 5) is 25.9. The van der Waals surface area contributed by atoms with Gasteiger partial charge in [-0.1, -0.05) is 85.5 Å². The molecule has 0 aliphatic heterocycles. The fourth-order valence-corrected chi connectivity index (χ4v) is 8.86. The second-order valence-electron chi connectivity index (χ2n) is 14.0. The van der Waals surface area contributed by atoms with Gasteiger partial charge in [-0.25, -0.2) is 0 Å². The summed E-state index contributed by atoms with van der Waals surface area (Å²) < 4.78 is 5.75. The fraction of sp³-hybridized carbons (Fsp3) is 0.812. The van der Waals surface area contributed by atoms with Gasteiger partial charge < -0.3 is 4.74 Å². The molecular weight excluding hydrogens is 432 g/mol. The van der Waals surface area contributed by atoms with E-state index in [-0.39, 0.29) is 40.2 Å². The van der Waals surface area contributed by atoms with Gasteiger partial charge in [-0.15, -0.1) is 0 Å². The SMILES string of the molecule is CC(=O)OC1CCC2=CC3=CCC4(C)C(C(C)CCCC(C)C)CCC4(C)C3C(=O)CC2C1(C)C. The van der Waals surface area contributed by atoms with Crippen LogP contribution in [0.5, 0.6) is 0 Å². The van der Waals surface area contributed by atoms with Crippen molar-refractivity contribution >= 4 is 11.8 Å². The first-order chi connectivity index (χ1) is 16.3. The normalized spacial score (nSPS) is 39.1. The lowest BCUT2D eigenvalue weighted by molar-refractivity contribution is -0.157. The topological polar surface area (TPSA) is 43.4 Å². The number of esters is 1. The van der Waals surface area contributed by atoms with E-state index < -0.39 is 0 Å². The maximum atomic E-state index is 14.2. The number of hydrogen-bond donors (Lipinski definition) is 0. The van der Waals surface area contributed by atoms with E-state index in [9.17, 15) is 9.59 Å². The van der Waals surface area contributed by atoms with Crippen molar-refractivity contribution in [1.82, 2.24) is 0 Å². The van der Waals surface area contributed by atoms with E-state index in [2.05, 4.69) is 60.6 Å². The first-order valence-corrected chi connectivity index (χ1v) is 14.4. The molecule has 0 radical (unpaired) electrons. The van der Waals surface area contributed by atoms with Crippen LogP contribution in [-0.2, 0) is 14.3 Å². The molecule has 0 aromatic heterocycles. The molecule has 3 nitrogen and oxygen atoms in total. The van der Waals surface area contributed by atoms with Crippen molar-refractivity contribution < 1.29 is 14.3 Å². The van der Waals surface area contributed by atoms with Gasteiger partial charge in [-0.05, 0) is 72.2 Å². The molecule has 196 valence electrons. The summed E-state index contributed by atoms with van der Waals surface area (Å²) in [5, 5.41) is 0. The predicted octanol–water partition coefficient (Wildman–Crippen LogP) is 8.08. The Morgan fingerprint density at radius 2 is 1.80 bits per heavy atom. The van der Waals surface area contributed by atoms with Gasteiger partial charge >= 0.3 is 5.97 Å². The zero-order valence-electron chi connectivity index (χ0n) is 23.7. The molecule has 0 heterocycles. The third kappa shape index (κ3) is 4.48. The molecule has 0 saturated heterocycles. The van der Waals surface area contributed by atoms with E-state index in [4.69, 9.17) is 4.74 Å². The largest absolute Gasteiger partial charge is 0.462 e. The van der Waals surface area contributed by atoms with Gasteiger partial charge in [0.05, 0.1) is 0 Å². The molecule has 0 amide bonds. The summed E-state index contributed by atoms with van der Waals surface area (Å²) in [5.74, 6) is 2.54. The monoisotopic (exact) mass is 482 g/mol. The summed E-state index contributed by atoms with van der Waals surface area (Å²) in [5.41, 5.74) is 2.67. The first-order valence-electron chi connectivity index (χ1n) is 14.4. The first kappa shape index (κ1) is 26.7. The van der Waals surface area contributed by atoms with Crippen LogP contribution < -0.4 is 0 Å². The maximum absolute atomic E-state index is 14.2. The van der Waals surface area contributed by atoms with Gasteiger partial charge in [-0.3, -0.25) is 9.59 Å². The summed E-state index contributed by atoms with van der Waals surface area (Å²) >= 11 is 0. The molecule has 7 unspecified atom stereocenters. The quantitative estimate of drug-likeness (QED) is 0.359. The molecule has 0 aromatic rings. The van der Waals surface area contributed by atoms with E-state index in [1.54, 1.807) is 0 Å². The minimum atomic E-state index is -0.229. The van der Waals surface area contributed by atoms with Gasteiger partial charge in [0, 0.05) is 24.7 Å². The van der Waals surface area contributed by atoms with Crippen molar-refractivity contribution in [1.29, 1.82) is 0 Å². The Bertz CT molecular complexity index is 908. The molecular formula is C32H50O3. The molecule has 4 aliphatic carbocycles. The van der Waals surface area contributed by atoms with Crippen molar-refractivity contribution in [2.24, 2.45) is 45.8 Å². The van der Waals surface area contributed by atoms with Gasteiger partial charge in [0.25, 0.3) is 0 Å². The number of fused-ring (bicyclic) bond motifs is 4. The third-order valence-electron chi connectivity index (χ3n) is 11.2. The second-order valence-corrected chi connectivity index (χ2v) is 14.0. The molecule has 2 fully saturated rings. The lowest BCUT2D eigenvalue weighted by atomic mass is 9.51. The molecule has 0 N–H and O–H groups in total. The molecule has 4 aliphatic rings. The molecule has 2 saturated carbocycles. The third-order valence-corrected chi connectivity index (χ3v) is 11.2. The second kappa shape index (κ2) is 9.49. The van der Waals surface area contributed by atoms with Crippen molar-refractivity contribution in [2.45, 2.75) is 119 Å². The van der Waals surface area contributed by atoms with E-state index in [1.165, 1.54) is 43.8 Å². The summed E-state index contributed by atoms with van der Waals surface area (Å²) in [6, 6.07) is 0. The summed E-state index contributed by atoms with van der Waals surface area (Å²) in [6.07, 6.45) is 14.5. The number of carbonyl (C=O) groups is 2. The van der Waals surface area contributed by atoms with Gasteiger partial charge in [0.15, 0.2) is 0 Å². The van der Waals surface area contributed by atoms with Crippen LogP contribution in [0.25, 0.3) is 0 Å². The smallest absolute Gasteiger partial charge is 0.302 e. The summed E-state index contributed by atoms with van der Waals surface area (Å²) in [6.45, 7) is 18.0. The Morgan fingerprint density at radius 1 is 1.09 bits per heavy atom. The van der Waals surface area contributed by atoms with Crippen molar-refractivity contribution in [2.75, 3.05) is 0 Å². The lowest BCUT2D eigenvalue weighted by Gasteiger charge is -2.52. The van der Waals surface area contributed by atoms with Gasteiger partial charge in [0.2, 0.25) is 0 Å². The van der Waals surface area contributed by atoms with Gasteiger partial charge in [-0.2, -0.15) is 0 Å². The van der Waals surface area contributed by atoms with Crippen LogP contribution >= 0.6 is 0 Å². The Balaban J connectivity index is 1.61. The predicted molar refractivity (Wildman–Crippen MR) is 143 cm³/mol. The minimum absolute atomic E-state index is 0.00943. The Hall–Kier alpha value is -1.38. The van der Waals surface area contributed by atoms with Crippen LogP contribution in [0.1, 0.15) is 113 Å². The number of allylic oxidation sites excluding steroid dienone is 4. The lowest BCUT2D eigenvalue weighted by Crippen LogP contribution is -2.49. The highest BCUT2D eigenvalue weighted by atomic mass is 16.5. The highest BCUT2D eigenvalue weighted by Crippen LogP contribution is 2.68. The van der Waals surface area contributed by atoms with E-state index in [0.717, 1.165) is 31.6 Å². The zero-order valence-corrected chi connectivity index (χ0v) is 23.7. The molecule has 3 heteroatoms. The molecule has 35 heavy (non-hydrogen) atoms. The highest BCUT2D eigenvalue weighted by molar-refractivity contribution is 5.87. The number of carbonyl (C=O) groups excluding carboxylic acids is 2. The molecule has 4 rings (SSSR count). The van der Waals surface area contributed by atoms with Crippen LogP contribution in [0.4, 0.5) is 0 Å². The number of rotatable bonds is 6. The van der Waals surface area contributed by atoms with Gasteiger partial charge in [0.1, 0.15) is 11.9 Å². The van der Waals surface area contributed by atoms with Crippen LogP contribution in [0.2, 0.25) is 0 Å². The van der Waals surface area contributed by atoms with E-state index in [0.29, 0.717) is 24.0 Å². The number of hydrogen-bond acceptors (Lipinski definition) is 3. The standard InChI is InChI=1S/C32H50O3/c1-20(2)10-9-11-21(3)25-15-17-32(8)29-24(14-16-31(25,32)7)18-23-12-13-28(35-22(4)33)30(5,6)26(23)19-27(29)34/h14,18,20-21,25-26,28-29H,9-13,15-17,19H2,1-8H3. The molecule has 7 atom stereocenters. The van der Waals surface area contributed by atoms with E-state index in [1.807, 2.05) is 0 Å². The maximum Gasteiger partial charge on any atom is 0.302 e. The number of Topliss-reactive ketones (excluding diaryl/α,β-unsaturated/α-hetero) is 1. The Kier molecular flexibility index (Phi) is 7.23. The Labute approximate surface area is 214 Å². The van der Waals surface area contributed by atoms with Crippen molar-refractivity contribution in [3.8, 4) is 0 Å². The van der Waals surface area contributed by atoms with E-state index >= 15 is 0 Å². The Morgan fingerprint density at radius 3 is 2.46 bits per heavy atom. The average Bonchev–Trinajstić information content (AvgIpc) is 2.92. The molecule has 0 spiro atoms. The van der Waals surface area contributed by atoms with Crippen LogP contribution in [0.15, 0.2) is 23.3 Å². The number of ether oxygens (including phenoxy) is 1. The summed E-state index contributed by atoms with van der Waals surface area (Å²) in [7, 11) is 0. The van der Waals surface area contributed by atoms with Crippen molar-refractivity contribution in [3.05, 3.63) is 23.3 Å². The zero-order chi connectivity index (χ0) is 25.8. The highest BCUT2D eigenvalue weighted by Gasteiger charge is 2.62. The molecule has 0 bridgehead atoms. The minimum Gasteiger partial charge on any atom is -0.462 e. The van der Waals surface area contributed by atoms with Crippen LogP contribution in [0.3, 0.4) is 0 Å². The van der Waals surface area contributed by atoms with Crippen LogP contribution in [0, 0.1) is 45.8 Å². The molecule has 0 aromatic carbocycles. The van der Waals surface area contributed by atoms with Crippen LogP contribution in [-0.4, -0.2) is 17.9 Å². The number of ketones is 1. The fourth-order valence-electron chi connectivity index (χ4n) is 8.86. The average molecular weight is 483 g/mol. The van der Waals surface area contributed by atoms with Crippen molar-refractivity contribution in [3.63, 3.8) is 0 Å².